The molecule has 2 amide bonds. The van der Waals surface area contributed by atoms with Gasteiger partial charge in [-0.3, -0.25) is 9.59 Å². The van der Waals surface area contributed by atoms with Crippen LogP contribution in [0.3, 0.4) is 0 Å². The quantitative estimate of drug-likeness (QED) is 0.488. The van der Waals surface area contributed by atoms with E-state index in [1.807, 2.05) is 31.2 Å². The summed E-state index contributed by atoms with van der Waals surface area (Å²) in [5.41, 5.74) is 2.37. The highest BCUT2D eigenvalue weighted by Crippen LogP contribution is 2.34. The van der Waals surface area contributed by atoms with Crippen LogP contribution in [0.15, 0.2) is 66.7 Å². The number of ether oxygens (including phenoxy) is 2. The van der Waals surface area contributed by atoms with Crippen LogP contribution in [0.2, 0.25) is 5.02 Å². The standard InChI is InChI=1S/C24H22ClN3O4/c1-15(16-6-8-17(25)9-7-16)26-13-23(29)28-20-5-3-2-4-19(20)24(30)27-18-10-11-21-22(12-18)32-14-31-21/h2-12,15,26H,13-14H2,1H3,(H,27,30)(H,28,29)/t15-/m0/s1. The van der Waals surface area contributed by atoms with Crippen molar-refractivity contribution in [2.45, 2.75) is 13.0 Å². The fourth-order valence-electron chi connectivity index (χ4n) is 3.27. The second kappa shape index (κ2) is 9.72. The predicted octanol–water partition coefficient (Wildman–Crippen LogP) is 4.61. The Balaban J connectivity index is 1.37. The summed E-state index contributed by atoms with van der Waals surface area (Å²) in [6, 6.07) is 19.4. The summed E-state index contributed by atoms with van der Waals surface area (Å²) in [7, 11) is 0. The van der Waals surface area contributed by atoms with Gasteiger partial charge in [0.25, 0.3) is 5.91 Å². The minimum absolute atomic E-state index is 0.0393. The fraction of sp³-hybridized carbons (Fsp3) is 0.167. The topological polar surface area (TPSA) is 88.7 Å². The number of rotatable bonds is 7. The molecule has 3 aromatic rings. The molecule has 0 saturated carbocycles. The lowest BCUT2D eigenvalue weighted by atomic mass is 10.1. The zero-order valence-electron chi connectivity index (χ0n) is 17.4. The first-order valence-electron chi connectivity index (χ1n) is 10.1. The van der Waals surface area contributed by atoms with Crippen LogP contribution in [0.4, 0.5) is 11.4 Å². The molecule has 0 spiro atoms. The van der Waals surface area contributed by atoms with Gasteiger partial charge in [-0.25, -0.2) is 0 Å². The van der Waals surface area contributed by atoms with Gasteiger partial charge in [0, 0.05) is 22.8 Å². The normalized spacial score (nSPS) is 12.8. The Hall–Kier alpha value is -3.55. The SMILES string of the molecule is C[C@H](NCC(=O)Nc1ccccc1C(=O)Nc1ccc2c(c1)OCO2)c1ccc(Cl)cc1. The van der Waals surface area contributed by atoms with Gasteiger partial charge in [-0.2, -0.15) is 0 Å². The Morgan fingerprint density at radius 2 is 1.72 bits per heavy atom. The molecule has 0 aromatic heterocycles. The number of fused-ring (bicyclic) bond motifs is 1. The molecule has 3 N–H and O–H groups in total. The lowest BCUT2D eigenvalue weighted by molar-refractivity contribution is -0.115. The lowest BCUT2D eigenvalue weighted by Gasteiger charge is -2.15. The predicted molar refractivity (Wildman–Crippen MR) is 123 cm³/mol. The Morgan fingerprint density at radius 3 is 2.53 bits per heavy atom. The van der Waals surface area contributed by atoms with E-state index < -0.39 is 0 Å². The zero-order chi connectivity index (χ0) is 22.5. The number of halogens is 1. The van der Waals surface area contributed by atoms with E-state index in [1.54, 1.807) is 42.5 Å². The summed E-state index contributed by atoms with van der Waals surface area (Å²) >= 11 is 5.92. The van der Waals surface area contributed by atoms with E-state index in [2.05, 4.69) is 16.0 Å². The maximum absolute atomic E-state index is 12.8. The van der Waals surface area contributed by atoms with Gasteiger partial charge in [0.1, 0.15) is 0 Å². The van der Waals surface area contributed by atoms with Gasteiger partial charge in [0.15, 0.2) is 11.5 Å². The first kappa shape index (κ1) is 21.7. The van der Waals surface area contributed by atoms with Crippen LogP contribution in [0, 0.1) is 0 Å². The second-order valence-corrected chi connectivity index (χ2v) is 7.71. The number of carbonyl (C=O) groups is 2. The summed E-state index contributed by atoms with van der Waals surface area (Å²) < 4.78 is 10.6. The van der Waals surface area contributed by atoms with Gasteiger partial charge in [-0.15, -0.1) is 0 Å². The van der Waals surface area contributed by atoms with Gasteiger partial charge in [-0.05, 0) is 48.9 Å². The van der Waals surface area contributed by atoms with Gasteiger partial charge in [-0.1, -0.05) is 35.9 Å². The van der Waals surface area contributed by atoms with Crippen molar-refractivity contribution in [1.29, 1.82) is 0 Å². The number of anilines is 2. The number of hydrogen-bond acceptors (Lipinski definition) is 5. The lowest BCUT2D eigenvalue weighted by Crippen LogP contribution is -2.30. The molecule has 0 aliphatic carbocycles. The first-order valence-corrected chi connectivity index (χ1v) is 10.5. The minimum atomic E-state index is -0.345. The van der Waals surface area contributed by atoms with Crippen LogP contribution in [0.5, 0.6) is 11.5 Å². The molecule has 1 heterocycles. The molecule has 0 bridgehead atoms. The largest absolute Gasteiger partial charge is 0.454 e. The number of nitrogens with one attached hydrogen (secondary N) is 3. The van der Waals surface area contributed by atoms with E-state index >= 15 is 0 Å². The average Bonchev–Trinajstić information content (AvgIpc) is 3.26. The third-order valence-corrected chi connectivity index (χ3v) is 5.27. The van der Waals surface area contributed by atoms with Crippen LogP contribution >= 0.6 is 11.6 Å². The molecule has 4 rings (SSSR count). The van der Waals surface area contributed by atoms with Crippen LogP contribution in [0.1, 0.15) is 28.9 Å². The van der Waals surface area contributed by atoms with Crippen LogP contribution in [0.25, 0.3) is 0 Å². The van der Waals surface area contributed by atoms with Crippen molar-refractivity contribution in [1.82, 2.24) is 5.32 Å². The fourth-order valence-corrected chi connectivity index (χ4v) is 3.40. The molecule has 1 aliphatic heterocycles. The van der Waals surface area contributed by atoms with Crippen LogP contribution < -0.4 is 25.4 Å². The van der Waals surface area contributed by atoms with E-state index in [-0.39, 0.29) is 31.2 Å². The molecule has 0 fully saturated rings. The smallest absolute Gasteiger partial charge is 0.257 e. The van der Waals surface area contributed by atoms with E-state index in [9.17, 15) is 9.59 Å². The summed E-state index contributed by atoms with van der Waals surface area (Å²) in [6.07, 6.45) is 0. The maximum Gasteiger partial charge on any atom is 0.257 e. The van der Waals surface area contributed by atoms with Crippen molar-refractivity contribution < 1.29 is 19.1 Å². The number of amides is 2. The van der Waals surface area contributed by atoms with E-state index in [4.69, 9.17) is 21.1 Å². The van der Waals surface area contributed by atoms with Gasteiger partial charge in [0.05, 0.1) is 17.8 Å². The minimum Gasteiger partial charge on any atom is -0.454 e. The van der Waals surface area contributed by atoms with E-state index in [1.165, 1.54) is 0 Å². The van der Waals surface area contributed by atoms with Crippen LogP contribution in [-0.2, 0) is 4.79 Å². The maximum atomic E-state index is 12.8. The molecule has 0 radical (unpaired) electrons. The van der Waals surface area contributed by atoms with Gasteiger partial charge < -0.3 is 25.4 Å². The number of para-hydroxylation sites is 1. The Kier molecular flexibility index (Phi) is 6.58. The summed E-state index contributed by atoms with van der Waals surface area (Å²) in [6.45, 7) is 2.21. The molecule has 0 unspecified atom stereocenters. The Labute approximate surface area is 190 Å². The van der Waals surface area contributed by atoms with Gasteiger partial charge >= 0.3 is 0 Å². The van der Waals surface area contributed by atoms with Crippen molar-refractivity contribution in [3.8, 4) is 11.5 Å². The van der Waals surface area contributed by atoms with Gasteiger partial charge in [0.2, 0.25) is 12.7 Å². The number of carbonyl (C=O) groups excluding carboxylic acids is 2. The summed E-state index contributed by atoms with van der Waals surface area (Å²) in [5, 5.41) is 9.46. The second-order valence-electron chi connectivity index (χ2n) is 7.27. The zero-order valence-corrected chi connectivity index (χ0v) is 18.1. The highest BCUT2D eigenvalue weighted by atomic mass is 35.5. The molecule has 32 heavy (non-hydrogen) atoms. The molecule has 3 aromatic carbocycles. The molecule has 0 saturated heterocycles. The molecule has 7 nitrogen and oxygen atoms in total. The number of benzene rings is 3. The molecule has 164 valence electrons. The molecule has 8 heteroatoms. The van der Waals surface area contributed by atoms with E-state index in [0.29, 0.717) is 33.5 Å². The van der Waals surface area contributed by atoms with Crippen molar-refractivity contribution in [2.24, 2.45) is 0 Å². The summed E-state index contributed by atoms with van der Waals surface area (Å²) in [5.74, 6) is 0.609. The molecule has 1 aliphatic rings. The van der Waals surface area contributed by atoms with Crippen molar-refractivity contribution >= 4 is 34.8 Å². The first-order chi connectivity index (χ1) is 15.5. The third kappa shape index (κ3) is 5.19. The van der Waals surface area contributed by atoms with E-state index in [0.717, 1.165) is 5.56 Å². The Morgan fingerprint density at radius 1 is 0.969 bits per heavy atom. The summed E-state index contributed by atoms with van der Waals surface area (Å²) in [4.78, 5) is 25.3. The highest BCUT2D eigenvalue weighted by molar-refractivity contribution is 6.30. The molecular weight excluding hydrogens is 430 g/mol. The molecule has 1 atom stereocenters. The molecular formula is C24H22ClN3O4. The third-order valence-electron chi connectivity index (χ3n) is 5.02. The average molecular weight is 452 g/mol. The number of hydrogen-bond donors (Lipinski definition) is 3. The highest BCUT2D eigenvalue weighted by Gasteiger charge is 2.17. The Bertz CT molecular complexity index is 1130. The van der Waals surface area contributed by atoms with Crippen molar-refractivity contribution in [2.75, 3.05) is 24.0 Å². The monoisotopic (exact) mass is 451 g/mol. The van der Waals surface area contributed by atoms with Crippen molar-refractivity contribution in [3.63, 3.8) is 0 Å². The van der Waals surface area contributed by atoms with Crippen LogP contribution in [-0.4, -0.2) is 25.2 Å². The van der Waals surface area contributed by atoms with Crippen molar-refractivity contribution in [3.05, 3.63) is 82.9 Å².